The summed E-state index contributed by atoms with van der Waals surface area (Å²) >= 11 is 1.43. The fourth-order valence-electron chi connectivity index (χ4n) is 1.91. The lowest BCUT2D eigenvalue weighted by Gasteiger charge is -2.08. The molecule has 106 valence electrons. The van der Waals surface area contributed by atoms with Crippen molar-refractivity contribution in [1.82, 2.24) is 9.78 Å². The van der Waals surface area contributed by atoms with Crippen LogP contribution in [0.3, 0.4) is 0 Å². The molecule has 20 heavy (non-hydrogen) atoms. The number of nitrogens with zero attached hydrogens (tertiary/aromatic N) is 2. The van der Waals surface area contributed by atoms with Crippen LogP contribution in [0.2, 0.25) is 0 Å². The van der Waals surface area contributed by atoms with Crippen molar-refractivity contribution in [2.75, 3.05) is 0 Å². The van der Waals surface area contributed by atoms with E-state index < -0.39 is 5.82 Å². The molecule has 0 aliphatic rings. The Bertz CT molecular complexity index is 667. The molecule has 0 atom stereocenters. The third-order valence-electron chi connectivity index (χ3n) is 2.87. The molecule has 0 saturated carbocycles. The Morgan fingerprint density at radius 3 is 2.70 bits per heavy atom. The van der Waals surface area contributed by atoms with Crippen LogP contribution in [0.5, 0.6) is 5.75 Å². The van der Waals surface area contributed by atoms with Crippen molar-refractivity contribution in [2.45, 2.75) is 24.6 Å². The van der Waals surface area contributed by atoms with Crippen molar-refractivity contribution in [3.8, 4) is 5.75 Å². The smallest absolute Gasteiger partial charge is 0.163 e. The zero-order valence-electron chi connectivity index (χ0n) is 11.5. The fourth-order valence-corrected chi connectivity index (χ4v) is 2.91. The Kier molecular flexibility index (Phi) is 4.13. The first-order valence-electron chi connectivity index (χ1n) is 6.04. The average Bonchev–Trinajstić information content (AvgIpc) is 2.68. The number of carbonyl (C=O) groups excluding carboxylic acids is 1. The number of Topliss-reactive ketones (excluding diaryl/α,β-unsaturated/α-hetero) is 1. The maximum absolute atomic E-state index is 13.5. The Labute approximate surface area is 120 Å². The number of halogens is 1. The second-order valence-electron chi connectivity index (χ2n) is 4.55. The maximum Gasteiger partial charge on any atom is 0.163 e. The first-order valence-corrected chi connectivity index (χ1v) is 7.03. The van der Waals surface area contributed by atoms with Crippen LogP contribution in [0, 0.1) is 12.7 Å². The molecule has 0 saturated heterocycles. The molecule has 0 bridgehead atoms. The first-order chi connectivity index (χ1) is 9.38. The number of hydrogen-bond acceptors (Lipinski definition) is 4. The summed E-state index contributed by atoms with van der Waals surface area (Å²) in [5.74, 6) is -0.664. The minimum absolute atomic E-state index is 0.0155. The van der Waals surface area contributed by atoms with Gasteiger partial charge in [0.15, 0.2) is 5.78 Å². The molecule has 1 aromatic carbocycles. The highest BCUT2D eigenvalue weighted by Crippen LogP contribution is 2.31. The molecule has 2 aromatic rings. The molecular formula is C14H15FN2O2S. The summed E-state index contributed by atoms with van der Waals surface area (Å²) < 4.78 is 15.2. The Morgan fingerprint density at radius 2 is 2.15 bits per heavy atom. The lowest BCUT2D eigenvalue weighted by molar-refractivity contribution is 0.101. The highest BCUT2D eigenvalue weighted by molar-refractivity contribution is 7.98. The minimum atomic E-state index is -0.523. The Balaban J connectivity index is 2.25. The van der Waals surface area contributed by atoms with Crippen molar-refractivity contribution in [3.63, 3.8) is 0 Å². The fraction of sp³-hybridized carbons (Fsp3) is 0.286. The van der Waals surface area contributed by atoms with Crippen LogP contribution in [0.15, 0.2) is 23.2 Å². The first kappa shape index (κ1) is 14.6. The normalized spacial score (nSPS) is 10.8. The van der Waals surface area contributed by atoms with Crippen LogP contribution in [-0.4, -0.2) is 20.7 Å². The van der Waals surface area contributed by atoms with Gasteiger partial charge in [-0.25, -0.2) is 4.39 Å². The largest absolute Gasteiger partial charge is 0.507 e. The molecule has 1 heterocycles. The summed E-state index contributed by atoms with van der Waals surface area (Å²) in [6, 6.07) is 4.21. The summed E-state index contributed by atoms with van der Waals surface area (Å²) in [4.78, 5) is 11.4. The number of thioether (sulfide) groups is 1. The van der Waals surface area contributed by atoms with Gasteiger partial charge in [-0.2, -0.15) is 5.10 Å². The third kappa shape index (κ3) is 3.01. The number of aromatic hydroxyl groups is 1. The molecule has 0 radical (unpaired) electrons. The van der Waals surface area contributed by atoms with E-state index in [2.05, 4.69) is 5.10 Å². The van der Waals surface area contributed by atoms with E-state index in [0.29, 0.717) is 11.3 Å². The third-order valence-corrected chi connectivity index (χ3v) is 4.00. The van der Waals surface area contributed by atoms with Gasteiger partial charge in [-0.05, 0) is 32.0 Å². The van der Waals surface area contributed by atoms with E-state index in [9.17, 15) is 14.3 Å². The molecule has 0 fully saturated rings. The number of ketones is 1. The van der Waals surface area contributed by atoms with Gasteiger partial charge in [0.05, 0.1) is 16.3 Å². The van der Waals surface area contributed by atoms with E-state index in [-0.39, 0.29) is 17.1 Å². The number of hydrogen-bond donors (Lipinski definition) is 1. The van der Waals surface area contributed by atoms with Crippen LogP contribution in [-0.2, 0) is 12.8 Å². The van der Waals surface area contributed by atoms with Crippen molar-refractivity contribution < 1.29 is 14.3 Å². The molecule has 0 spiro atoms. The predicted molar refractivity (Wildman–Crippen MR) is 75.6 cm³/mol. The second-order valence-corrected chi connectivity index (χ2v) is 5.55. The van der Waals surface area contributed by atoms with Gasteiger partial charge in [-0.1, -0.05) is 0 Å². The standard InChI is InChI=1S/C14H15FN2O2S/c1-8-4-13(17(3)16-8)20-7-10-5-11(15)6-12(9(2)18)14(10)19/h4-6,19H,7H2,1-3H3. The zero-order chi connectivity index (χ0) is 14.9. The van der Waals surface area contributed by atoms with E-state index in [0.717, 1.165) is 16.8 Å². The number of aryl methyl sites for hydroxylation is 2. The van der Waals surface area contributed by atoms with Crippen LogP contribution < -0.4 is 0 Å². The SMILES string of the molecule is CC(=O)c1cc(F)cc(CSc2cc(C)nn2C)c1O. The van der Waals surface area contributed by atoms with Gasteiger partial charge in [-0.3, -0.25) is 9.48 Å². The summed E-state index contributed by atoms with van der Waals surface area (Å²) in [5, 5.41) is 15.1. The van der Waals surface area contributed by atoms with Crippen LogP contribution in [0.1, 0.15) is 28.5 Å². The quantitative estimate of drug-likeness (QED) is 0.695. The van der Waals surface area contributed by atoms with E-state index in [1.165, 1.54) is 24.8 Å². The molecule has 1 aromatic heterocycles. The number of carbonyl (C=O) groups is 1. The van der Waals surface area contributed by atoms with Crippen LogP contribution >= 0.6 is 11.8 Å². The Hall–Kier alpha value is -1.82. The molecule has 4 nitrogen and oxygen atoms in total. The predicted octanol–water partition coefficient (Wildman–Crippen LogP) is 3.07. The van der Waals surface area contributed by atoms with Crippen molar-refractivity contribution in [1.29, 1.82) is 0 Å². The summed E-state index contributed by atoms with van der Waals surface area (Å²) in [6.45, 7) is 3.19. The number of aromatic nitrogens is 2. The number of phenols is 1. The number of rotatable bonds is 4. The van der Waals surface area contributed by atoms with Crippen molar-refractivity contribution in [2.24, 2.45) is 7.05 Å². The molecule has 2 rings (SSSR count). The van der Waals surface area contributed by atoms with Gasteiger partial charge in [-0.15, -0.1) is 11.8 Å². The molecule has 0 amide bonds. The summed E-state index contributed by atoms with van der Waals surface area (Å²) in [5.41, 5.74) is 1.31. The average molecular weight is 294 g/mol. The molecule has 0 unspecified atom stereocenters. The summed E-state index contributed by atoms with van der Waals surface area (Å²) in [6.07, 6.45) is 0. The van der Waals surface area contributed by atoms with E-state index in [1.807, 2.05) is 20.0 Å². The highest BCUT2D eigenvalue weighted by Gasteiger charge is 2.14. The van der Waals surface area contributed by atoms with Gasteiger partial charge in [0.25, 0.3) is 0 Å². The monoisotopic (exact) mass is 294 g/mol. The van der Waals surface area contributed by atoms with Gasteiger partial charge >= 0.3 is 0 Å². The van der Waals surface area contributed by atoms with Gasteiger partial charge < -0.3 is 5.11 Å². The number of benzene rings is 1. The van der Waals surface area contributed by atoms with Gasteiger partial charge in [0, 0.05) is 18.4 Å². The zero-order valence-corrected chi connectivity index (χ0v) is 12.3. The topological polar surface area (TPSA) is 55.1 Å². The molecule has 6 heteroatoms. The lowest BCUT2D eigenvalue weighted by atomic mass is 10.1. The van der Waals surface area contributed by atoms with Crippen LogP contribution in [0.25, 0.3) is 0 Å². The molecule has 0 aliphatic carbocycles. The molecular weight excluding hydrogens is 279 g/mol. The van der Waals surface area contributed by atoms with Gasteiger partial charge in [0.2, 0.25) is 0 Å². The van der Waals surface area contributed by atoms with Crippen LogP contribution in [0.4, 0.5) is 4.39 Å². The maximum atomic E-state index is 13.5. The number of phenolic OH excluding ortho intramolecular Hbond substituents is 1. The van der Waals surface area contributed by atoms with Crippen molar-refractivity contribution in [3.05, 3.63) is 40.8 Å². The van der Waals surface area contributed by atoms with Crippen molar-refractivity contribution >= 4 is 17.5 Å². The van der Waals surface area contributed by atoms with Gasteiger partial charge in [0.1, 0.15) is 11.6 Å². The van der Waals surface area contributed by atoms with E-state index in [1.54, 1.807) is 4.68 Å². The van der Waals surface area contributed by atoms with E-state index in [4.69, 9.17) is 0 Å². The minimum Gasteiger partial charge on any atom is -0.507 e. The second kappa shape index (κ2) is 5.66. The Morgan fingerprint density at radius 1 is 1.45 bits per heavy atom. The highest BCUT2D eigenvalue weighted by atomic mass is 32.2. The summed E-state index contributed by atoms with van der Waals surface area (Å²) in [7, 11) is 1.82. The molecule has 0 aliphatic heterocycles. The van der Waals surface area contributed by atoms with E-state index >= 15 is 0 Å². The molecule has 1 N–H and O–H groups in total. The lowest BCUT2D eigenvalue weighted by Crippen LogP contribution is -1.98.